The molecule has 2 aliphatic heterocycles. The van der Waals surface area contributed by atoms with Crippen LogP contribution in [0.2, 0.25) is 5.02 Å². The number of ether oxygens (including phenoxy) is 1. The number of nitrogens with zero attached hydrogens (tertiary/aromatic N) is 2. The second-order valence-electron chi connectivity index (χ2n) is 6.70. The average Bonchev–Trinajstić information content (AvgIpc) is 3.07. The number of carbonyl (C=O) groups is 1. The normalized spacial score (nSPS) is 24.1. The second-order valence-corrected chi connectivity index (χ2v) is 8.10. The summed E-state index contributed by atoms with van der Waals surface area (Å²) in [4.78, 5) is 14.4. The molecular weight excluding hydrogens is 396 g/mol. The monoisotopic (exact) mass is 412 g/mol. The topological polar surface area (TPSA) is 73.6 Å². The predicted molar refractivity (Wildman–Crippen MR) is 108 cm³/mol. The van der Waals surface area contributed by atoms with Gasteiger partial charge in [0.25, 0.3) is 0 Å². The quantitative estimate of drug-likeness (QED) is 0.825. The van der Waals surface area contributed by atoms with Crippen molar-refractivity contribution in [3.63, 3.8) is 0 Å². The van der Waals surface area contributed by atoms with Crippen LogP contribution in [-0.4, -0.2) is 28.8 Å². The van der Waals surface area contributed by atoms with E-state index in [0.717, 1.165) is 5.56 Å². The van der Waals surface area contributed by atoms with Crippen molar-refractivity contribution in [2.45, 2.75) is 18.1 Å². The molecule has 2 aromatic rings. The minimum Gasteiger partial charge on any atom is -0.497 e. The van der Waals surface area contributed by atoms with E-state index < -0.39 is 5.72 Å². The Morgan fingerprint density at radius 2 is 1.93 bits per heavy atom. The minimum atomic E-state index is -1.49. The lowest BCUT2D eigenvalue weighted by molar-refractivity contribution is -0.149. The molecule has 0 unspecified atom stereocenters. The summed E-state index contributed by atoms with van der Waals surface area (Å²) in [5.41, 5.74) is 0.460. The van der Waals surface area contributed by atoms with Gasteiger partial charge in [-0.3, -0.25) is 9.69 Å². The van der Waals surface area contributed by atoms with Crippen molar-refractivity contribution < 1.29 is 14.6 Å². The van der Waals surface area contributed by atoms with E-state index in [-0.39, 0.29) is 24.0 Å². The van der Waals surface area contributed by atoms with Gasteiger partial charge in [0.05, 0.1) is 29.5 Å². The Hall–Kier alpha value is -2.46. The van der Waals surface area contributed by atoms with Gasteiger partial charge in [0.1, 0.15) is 5.75 Å². The van der Waals surface area contributed by atoms with Gasteiger partial charge in [0.2, 0.25) is 5.91 Å². The number of halogens is 1. The highest BCUT2D eigenvalue weighted by molar-refractivity contribution is 8.03. The van der Waals surface area contributed by atoms with Gasteiger partial charge < -0.3 is 9.84 Å². The van der Waals surface area contributed by atoms with Crippen molar-refractivity contribution in [3.05, 3.63) is 75.3 Å². The fourth-order valence-corrected chi connectivity index (χ4v) is 5.16. The van der Waals surface area contributed by atoms with E-state index >= 15 is 0 Å². The van der Waals surface area contributed by atoms with Crippen LogP contribution in [-0.2, 0) is 10.5 Å². The fraction of sp³-hybridized carbons (Fsp3) is 0.238. The molecule has 0 saturated carbocycles. The molecule has 28 heavy (non-hydrogen) atoms. The SMILES string of the molecule is COc1ccc([C@H]2CC(=O)N3C(=C2C#N)SC[C@@]3(O)c2ccc(Cl)cc2)cc1. The lowest BCUT2D eigenvalue weighted by atomic mass is 9.85. The highest BCUT2D eigenvalue weighted by Gasteiger charge is 2.51. The third kappa shape index (κ3) is 2.96. The molecule has 0 aliphatic carbocycles. The summed E-state index contributed by atoms with van der Waals surface area (Å²) in [6, 6.07) is 16.4. The smallest absolute Gasteiger partial charge is 0.231 e. The van der Waals surface area contributed by atoms with Crippen molar-refractivity contribution in [2.24, 2.45) is 0 Å². The van der Waals surface area contributed by atoms with Crippen LogP contribution in [0.3, 0.4) is 0 Å². The second kappa shape index (κ2) is 7.17. The zero-order chi connectivity index (χ0) is 19.9. The summed E-state index contributed by atoms with van der Waals surface area (Å²) >= 11 is 7.28. The maximum absolute atomic E-state index is 13.1. The number of hydrogen-bond acceptors (Lipinski definition) is 5. The van der Waals surface area contributed by atoms with Crippen LogP contribution < -0.4 is 4.74 Å². The van der Waals surface area contributed by atoms with Gasteiger partial charge in [-0.25, -0.2) is 0 Å². The lowest BCUT2D eigenvalue weighted by Gasteiger charge is -2.38. The molecule has 1 amide bonds. The summed E-state index contributed by atoms with van der Waals surface area (Å²) in [5.74, 6) is 0.425. The molecule has 0 spiro atoms. The molecule has 2 atom stereocenters. The van der Waals surface area contributed by atoms with Crippen molar-refractivity contribution >= 4 is 29.3 Å². The molecule has 142 valence electrons. The highest BCUT2D eigenvalue weighted by atomic mass is 35.5. The van der Waals surface area contributed by atoms with E-state index in [4.69, 9.17) is 16.3 Å². The number of benzene rings is 2. The molecule has 2 aliphatic rings. The molecule has 4 rings (SSSR count). The first-order chi connectivity index (χ1) is 13.5. The zero-order valence-electron chi connectivity index (χ0n) is 15.1. The molecule has 0 radical (unpaired) electrons. The molecule has 1 saturated heterocycles. The van der Waals surface area contributed by atoms with Crippen LogP contribution in [0.25, 0.3) is 0 Å². The van der Waals surface area contributed by atoms with E-state index in [2.05, 4.69) is 6.07 Å². The number of fused-ring (bicyclic) bond motifs is 1. The first kappa shape index (κ1) is 18.9. The Bertz CT molecular complexity index is 998. The molecule has 5 nitrogen and oxygen atoms in total. The minimum absolute atomic E-state index is 0.120. The van der Waals surface area contributed by atoms with Gasteiger partial charge in [-0.2, -0.15) is 5.26 Å². The van der Waals surface area contributed by atoms with Gasteiger partial charge in [0, 0.05) is 22.9 Å². The first-order valence-electron chi connectivity index (χ1n) is 8.70. The number of allylic oxidation sites excluding steroid dienone is 1. The maximum atomic E-state index is 13.1. The highest BCUT2D eigenvalue weighted by Crippen LogP contribution is 2.51. The summed E-state index contributed by atoms with van der Waals surface area (Å²) in [6.07, 6.45) is 0.120. The molecule has 7 heteroatoms. The standard InChI is InChI=1S/C21H17ClN2O3S/c1-27-16-8-2-13(3-9-16)17-10-19(25)24-20(18(17)11-23)28-12-21(24,26)14-4-6-15(22)7-5-14/h2-9,17,26H,10,12H2,1H3/t17-,21-/m1/s1. The zero-order valence-corrected chi connectivity index (χ0v) is 16.6. The van der Waals surface area contributed by atoms with Gasteiger partial charge in [-0.1, -0.05) is 35.9 Å². The number of aliphatic hydroxyl groups is 1. The molecular formula is C21H17ClN2O3S. The van der Waals surface area contributed by atoms with Crippen molar-refractivity contribution in [3.8, 4) is 11.8 Å². The van der Waals surface area contributed by atoms with E-state index in [1.165, 1.54) is 16.7 Å². The summed E-state index contributed by atoms with van der Waals surface area (Å²) < 4.78 is 5.19. The first-order valence-corrected chi connectivity index (χ1v) is 10.1. The van der Waals surface area contributed by atoms with Gasteiger partial charge >= 0.3 is 0 Å². The molecule has 2 aromatic carbocycles. The third-order valence-electron chi connectivity index (χ3n) is 5.14. The number of amides is 1. The largest absolute Gasteiger partial charge is 0.497 e. The fourth-order valence-electron chi connectivity index (χ4n) is 3.68. The van der Waals surface area contributed by atoms with Gasteiger partial charge in [0.15, 0.2) is 5.72 Å². The van der Waals surface area contributed by atoms with Gasteiger partial charge in [-0.05, 0) is 29.8 Å². The summed E-state index contributed by atoms with van der Waals surface area (Å²) in [5, 5.41) is 22.3. The Morgan fingerprint density at radius 1 is 1.25 bits per heavy atom. The van der Waals surface area contributed by atoms with Crippen molar-refractivity contribution in [1.82, 2.24) is 4.90 Å². The number of carbonyl (C=O) groups excluding carboxylic acids is 1. The average molecular weight is 413 g/mol. The number of methoxy groups -OCH3 is 1. The van der Waals surface area contributed by atoms with E-state index in [9.17, 15) is 15.2 Å². The van der Waals surface area contributed by atoms with Crippen LogP contribution in [0.5, 0.6) is 5.75 Å². The Labute approximate surface area is 172 Å². The lowest BCUT2D eigenvalue weighted by Crippen LogP contribution is -2.48. The summed E-state index contributed by atoms with van der Waals surface area (Å²) in [6.45, 7) is 0. The van der Waals surface area contributed by atoms with Crippen LogP contribution in [0.15, 0.2) is 59.1 Å². The van der Waals surface area contributed by atoms with Crippen LogP contribution in [0, 0.1) is 11.3 Å². The van der Waals surface area contributed by atoms with Gasteiger partial charge in [-0.15, -0.1) is 11.8 Å². The molecule has 2 heterocycles. The number of hydrogen-bond donors (Lipinski definition) is 1. The number of rotatable bonds is 3. The third-order valence-corrected chi connectivity index (χ3v) is 6.61. The number of nitriles is 1. The van der Waals surface area contributed by atoms with E-state index in [0.29, 0.717) is 26.9 Å². The molecule has 0 aromatic heterocycles. The maximum Gasteiger partial charge on any atom is 0.231 e. The van der Waals surface area contributed by atoms with Crippen LogP contribution in [0.4, 0.5) is 0 Å². The summed E-state index contributed by atoms with van der Waals surface area (Å²) in [7, 11) is 1.59. The van der Waals surface area contributed by atoms with Crippen molar-refractivity contribution in [1.29, 1.82) is 5.26 Å². The van der Waals surface area contributed by atoms with E-state index in [1.54, 1.807) is 31.4 Å². The Kier molecular flexibility index (Phi) is 4.84. The van der Waals surface area contributed by atoms with E-state index in [1.807, 2.05) is 24.3 Å². The number of thioether (sulfide) groups is 1. The Balaban J connectivity index is 1.77. The molecule has 0 bridgehead atoms. The molecule has 1 fully saturated rings. The van der Waals surface area contributed by atoms with Crippen LogP contribution in [0.1, 0.15) is 23.5 Å². The molecule has 1 N–H and O–H groups in total. The van der Waals surface area contributed by atoms with Crippen LogP contribution >= 0.6 is 23.4 Å². The Morgan fingerprint density at radius 3 is 2.54 bits per heavy atom. The van der Waals surface area contributed by atoms with Crippen molar-refractivity contribution in [2.75, 3.05) is 12.9 Å². The predicted octanol–water partition coefficient (Wildman–Crippen LogP) is 3.99.